The number of hydrogen-bond acceptors (Lipinski definition) is 3. The summed E-state index contributed by atoms with van der Waals surface area (Å²) in [5, 5.41) is 0. The van der Waals surface area contributed by atoms with E-state index in [9.17, 15) is 4.79 Å². The first-order chi connectivity index (χ1) is 10.7. The lowest BCUT2D eigenvalue weighted by Gasteiger charge is -2.20. The highest BCUT2D eigenvalue weighted by Gasteiger charge is 2.21. The van der Waals surface area contributed by atoms with Crippen molar-refractivity contribution in [2.24, 2.45) is 0 Å². The average Bonchev–Trinajstić information content (AvgIpc) is 2.67. The van der Waals surface area contributed by atoms with Gasteiger partial charge in [-0.15, -0.1) is 0 Å². The van der Waals surface area contributed by atoms with Crippen LogP contribution in [0, 0.1) is 0 Å². The van der Waals surface area contributed by atoms with E-state index in [0.29, 0.717) is 13.1 Å². The highest BCUT2D eigenvalue weighted by atomic mass is 79.9. The molecule has 22 heavy (non-hydrogen) atoms. The summed E-state index contributed by atoms with van der Waals surface area (Å²) in [6.45, 7) is 1.13. The van der Waals surface area contributed by atoms with Crippen molar-refractivity contribution in [2.45, 2.75) is 13.1 Å². The van der Waals surface area contributed by atoms with Crippen molar-refractivity contribution in [3.05, 3.63) is 58.1 Å². The number of halogens is 1. The number of benzene rings is 2. The van der Waals surface area contributed by atoms with Crippen LogP contribution in [0.2, 0.25) is 0 Å². The third kappa shape index (κ3) is 3.25. The van der Waals surface area contributed by atoms with Gasteiger partial charge in [-0.25, -0.2) is 0 Å². The molecule has 1 aliphatic rings. The summed E-state index contributed by atoms with van der Waals surface area (Å²) in [7, 11) is 1.64. The lowest BCUT2D eigenvalue weighted by atomic mass is 10.1. The molecule has 3 rings (SSSR count). The van der Waals surface area contributed by atoms with Crippen LogP contribution < -0.4 is 9.47 Å². The molecule has 0 radical (unpaired) electrons. The minimum absolute atomic E-state index is 0.0184. The molecule has 1 heterocycles. The topological polar surface area (TPSA) is 38.8 Å². The van der Waals surface area contributed by atoms with E-state index in [-0.39, 0.29) is 12.5 Å². The normalized spacial score (nSPS) is 14.1. The summed E-state index contributed by atoms with van der Waals surface area (Å²) < 4.78 is 11.8. The van der Waals surface area contributed by atoms with E-state index in [0.717, 1.165) is 27.1 Å². The summed E-state index contributed by atoms with van der Waals surface area (Å²) in [5.41, 5.74) is 2.04. The Hall–Kier alpha value is -2.01. The van der Waals surface area contributed by atoms with Gasteiger partial charge >= 0.3 is 0 Å². The van der Waals surface area contributed by atoms with Crippen molar-refractivity contribution in [3.8, 4) is 11.5 Å². The van der Waals surface area contributed by atoms with Crippen LogP contribution in [0.1, 0.15) is 11.1 Å². The molecule has 0 spiro atoms. The van der Waals surface area contributed by atoms with Crippen LogP contribution in [0.3, 0.4) is 0 Å². The van der Waals surface area contributed by atoms with Gasteiger partial charge in [0.15, 0.2) is 6.61 Å². The molecule has 0 aliphatic carbocycles. The predicted octanol–water partition coefficient (Wildman–Crippen LogP) is 3.38. The number of fused-ring (bicyclic) bond motifs is 1. The van der Waals surface area contributed by atoms with Gasteiger partial charge in [0.1, 0.15) is 11.5 Å². The zero-order valence-corrected chi connectivity index (χ0v) is 13.8. The van der Waals surface area contributed by atoms with Gasteiger partial charge in [0.2, 0.25) is 0 Å². The number of carbonyl (C=O) groups excluding carboxylic acids is 1. The second-order valence-corrected chi connectivity index (χ2v) is 6.06. The molecule has 1 aliphatic heterocycles. The summed E-state index contributed by atoms with van der Waals surface area (Å²) in [5.74, 6) is 1.54. The Bertz CT molecular complexity index is 702. The van der Waals surface area contributed by atoms with Gasteiger partial charge in [-0.2, -0.15) is 0 Å². The van der Waals surface area contributed by atoms with Gasteiger partial charge < -0.3 is 14.4 Å². The molecule has 2 aromatic carbocycles. The monoisotopic (exact) mass is 361 g/mol. The Morgan fingerprint density at radius 3 is 2.95 bits per heavy atom. The highest BCUT2D eigenvalue weighted by Crippen LogP contribution is 2.27. The van der Waals surface area contributed by atoms with Crippen LogP contribution in [0.25, 0.3) is 0 Å². The lowest BCUT2D eigenvalue weighted by Crippen LogP contribution is -2.31. The Balaban J connectivity index is 1.84. The standard InChI is InChI=1S/C17H16BrNO3/c1-21-15-4-2-3-12(7-15)9-19-10-13-8-14(18)5-6-16(13)22-11-17(19)20/h2-8H,9-11H2,1H3. The quantitative estimate of drug-likeness (QED) is 0.840. The number of carbonyl (C=O) groups is 1. The summed E-state index contributed by atoms with van der Waals surface area (Å²) in [4.78, 5) is 14.1. The molecule has 1 amide bonds. The van der Waals surface area contributed by atoms with Crippen molar-refractivity contribution < 1.29 is 14.3 Å². The number of ether oxygens (including phenoxy) is 2. The van der Waals surface area contributed by atoms with Crippen LogP contribution in [-0.2, 0) is 17.9 Å². The third-order valence-corrected chi connectivity index (χ3v) is 4.09. The zero-order valence-electron chi connectivity index (χ0n) is 12.2. The maximum absolute atomic E-state index is 12.3. The molecule has 0 atom stereocenters. The third-order valence-electron chi connectivity index (χ3n) is 3.60. The molecule has 0 saturated heterocycles. The number of amides is 1. The fourth-order valence-electron chi connectivity index (χ4n) is 2.47. The average molecular weight is 362 g/mol. The Labute approximate surface area is 137 Å². The van der Waals surface area contributed by atoms with Gasteiger partial charge in [0, 0.05) is 23.1 Å². The largest absolute Gasteiger partial charge is 0.497 e. The van der Waals surface area contributed by atoms with Gasteiger partial charge in [0.05, 0.1) is 7.11 Å². The van der Waals surface area contributed by atoms with Crippen molar-refractivity contribution in [3.63, 3.8) is 0 Å². The van der Waals surface area contributed by atoms with Gasteiger partial charge in [0.25, 0.3) is 5.91 Å². The van der Waals surface area contributed by atoms with E-state index >= 15 is 0 Å². The van der Waals surface area contributed by atoms with Gasteiger partial charge in [-0.1, -0.05) is 28.1 Å². The maximum atomic E-state index is 12.3. The minimum atomic E-state index is -0.0184. The number of nitrogens with zero attached hydrogens (tertiary/aromatic N) is 1. The molecule has 5 heteroatoms. The molecule has 114 valence electrons. The minimum Gasteiger partial charge on any atom is -0.497 e. The Morgan fingerprint density at radius 2 is 2.14 bits per heavy atom. The molecule has 0 aromatic heterocycles. The van der Waals surface area contributed by atoms with E-state index in [1.807, 2.05) is 42.5 Å². The first-order valence-corrected chi connectivity index (χ1v) is 7.77. The summed E-state index contributed by atoms with van der Waals surface area (Å²) in [6, 6.07) is 13.6. The summed E-state index contributed by atoms with van der Waals surface area (Å²) >= 11 is 3.46. The van der Waals surface area contributed by atoms with Crippen molar-refractivity contribution in [1.82, 2.24) is 4.90 Å². The molecular formula is C17H16BrNO3. The second-order valence-electron chi connectivity index (χ2n) is 5.14. The maximum Gasteiger partial charge on any atom is 0.261 e. The number of methoxy groups -OCH3 is 1. The predicted molar refractivity (Wildman–Crippen MR) is 86.9 cm³/mol. The van der Waals surface area contributed by atoms with Crippen molar-refractivity contribution >= 4 is 21.8 Å². The fourth-order valence-corrected chi connectivity index (χ4v) is 2.88. The second kappa shape index (κ2) is 6.40. The van der Waals surface area contributed by atoms with E-state index < -0.39 is 0 Å². The zero-order chi connectivity index (χ0) is 15.5. The molecule has 4 nitrogen and oxygen atoms in total. The fraction of sp³-hybridized carbons (Fsp3) is 0.235. The molecule has 0 N–H and O–H groups in total. The molecule has 0 unspecified atom stereocenters. The SMILES string of the molecule is COc1cccc(CN2Cc3cc(Br)ccc3OCC2=O)c1. The van der Waals surface area contributed by atoms with E-state index in [1.54, 1.807) is 12.0 Å². The van der Waals surface area contributed by atoms with Crippen LogP contribution >= 0.6 is 15.9 Å². The molecule has 2 aromatic rings. The molecule has 0 saturated carbocycles. The van der Waals surface area contributed by atoms with Crippen LogP contribution in [-0.4, -0.2) is 24.5 Å². The number of rotatable bonds is 3. The number of hydrogen-bond donors (Lipinski definition) is 0. The first kappa shape index (κ1) is 14.9. The van der Waals surface area contributed by atoms with E-state index in [4.69, 9.17) is 9.47 Å². The van der Waals surface area contributed by atoms with Crippen LogP contribution in [0.5, 0.6) is 11.5 Å². The molecule has 0 fully saturated rings. The Kier molecular flexibility index (Phi) is 4.34. The van der Waals surface area contributed by atoms with Crippen molar-refractivity contribution in [1.29, 1.82) is 0 Å². The van der Waals surface area contributed by atoms with Gasteiger partial charge in [-0.3, -0.25) is 4.79 Å². The van der Waals surface area contributed by atoms with Crippen LogP contribution in [0.15, 0.2) is 46.9 Å². The van der Waals surface area contributed by atoms with Crippen LogP contribution in [0.4, 0.5) is 0 Å². The first-order valence-electron chi connectivity index (χ1n) is 6.97. The molecular weight excluding hydrogens is 346 g/mol. The van der Waals surface area contributed by atoms with E-state index in [1.165, 1.54) is 0 Å². The van der Waals surface area contributed by atoms with E-state index in [2.05, 4.69) is 15.9 Å². The lowest BCUT2D eigenvalue weighted by molar-refractivity contribution is -0.133. The van der Waals surface area contributed by atoms with Gasteiger partial charge in [-0.05, 0) is 35.9 Å². The Morgan fingerprint density at radius 1 is 1.27 bits per heavy atom. The highest BCUT2D eigenvalue weighted by molar-refractivity contribution is 9.10. The summed E-state index contributed by atoms with van der Waals surface area (Å²) in [6.07, 6.45) is 0. The smallest absolute Gasteiger partial charge is 0.261 e. The molecule has 0 bridgehead atoms. The van der Waals surface area contributed by atoms with Crippen molar-refractivity contribution in [2.75, 3.05) is 13.7 Å².